The molecule has 0 aliphatic heterocycles. The molecule has 0 saturated carbocycles. The Kier molecular flexibility index (Phi) is 5.17. The molecule has 128 valence electrons. The molecular weight excluding hydrogens is 393 g/mol. The van der Waals surface area contributed by atoms with Gasteiger partial charge in [0.1, 0.15) is 0 Å². The molecule has 2 heteroatoms. The molecule has 0 unspecified atom stereocenters. The molecule has 4 rings (SSSR count). The zero-order valence-corrected chi connectivity index (χ0v) is 16.4. The summed E-state index contributed by atoms with van der Waals surface area (Å²) >= 11 is 0.302. The maximum absolute atomic E-state index is 8.95. The van der Waals surface area contributed by atoms with Gasteiger partial charge in [0, 0.05) is 0 Å². The van der Waals surface area contributed by atoms with Crippen LogP contribution in [0.5, 0.6) is 0 Å². The van der Waals surface area contributed by atoms with Crippen molar-refractivity contribution >= 4 is 26.7 Å². The molecule has 4 aromatic rings. The van der Waals surface area contributed by atoms with Crippen molar-refractivity contribution in [3.63, 3.8) is 0 Å². The molecule has 27 heavy (non-hydrogen) atoms. The van der Waals surface area contributed by atoms with Gasteiger partial charge in [-0.15, -0.1) is 0 Å². The number of nitriles is 1. The van der Waals surface area contributed by atoms with E-state index in [2.05, 4.69) is 83.8 Å². The van der Waals surface area contributed by atoms with E-state index in [1.165, 1.54) is 26.7 Å². The molecule has 3 aromatic carbocycles. The van der Waals surface area contributed by atoms with Crippen LogP contribution in [0.15, 0.2) is 89.9 Å². The molecule has 0 aliphatic rings. The van der Waals surface area contributed by atoms with E-state index in [0.717, 1.165) is 5.56 Å². The second kappa shape index (κ2) is 8.06. The molecule has 0 spiro atoms. The third kappa shape index (κ3) is 3.86. The van der Waals surface area contributed by atoms with Crippen LogP contribution >= 0.6 is 0 Å². The zero-order chi connectivity index (χ0) is 18.5. The number of hydrogen-bond donors (Lipinski definition) is 0. The normalized spacial score (nSPS) is 10.8. The van der Waals surface area contributed by atoms with Gasteiger partial charge < -0.3 is 0 Å². The van der Waals surface area contributed by atoms with E-state index in [-0.39, 0.29) is 0 Å². The fraction of sp³-hybridized carbons (Fsp3) is 0. The van der Waals surface area contributed by atoms with Crippen LogP contribution in [0.2, 0.25) is 0 Å². The van der Waals surface area contributed by atoms with E-state index in [1.54, 1.807) is 0 Å². The molecule has 0 atom stereocenters. The fourth-order valence-corrected chi connectivity index (χ4v) is 5.29. The summed E-state index contributed by atoms with van der Waals surface area (Å²) in [5, 5.41) is 8.95. The Morgan fingerprint density at radius 3 is 1.96 bits per heavy atom. The van der Waals surface area contributed by atoms with Crippen molar-refractivity contribution in [2.75, 3.05) is 0 Å². The van der Waals surface area contributed by atoms with E-state index >= 15 is 0 Å². The van der Waals surface area contributed by atoms with E-state index < -0.39 is 0 Å². The van der Waals surface area contributed by atoms with Gasteiger partial charge in [-0.3, -0.25) is 0 Å². The monoisotopic (exact) mass is 411 g/mol. The fourth-order valence-electron chi connectivity index (χ4n) is 3.05. The van der Waals surface area contributed by atoms with Crippen molar-refractivity contribution in [1.82, 2.24) is 0 Å². The van der Waals surface area contributed by atoms with Crippen LogP contribution in [0.1, 0.15) is 16.7 Å². The molecular formula is C25H17NSe. The molecule has 0 N–H and O–H groups in total. The average molecular weight is 410 g/mol. The summed E-state index contributed by atoms with van der Waals surface area (Å²) < 4.78 is 1.42. The summed E-state index contributed by atoms with van der Waals surface area (Å²) in [4.78, 5) is 2.36. The van der Waals surface area contributed by atoms with Gasteiger partial charge in [-0.1, -0.05) is 0 Å². The van der Waals surface area contributed by atoms with Crippen molar-refractivity contribution < 1.29 is 0 Å². The standard InChI is InChI=1S/C25H17NSe/c26-17-20-13-11-19(12-14-20)15-16-23-18-27-25(22-9-5-2-6-10-22)24(23)21-7-3-1-4-8-21/h1-16,18H/b16-15+. The summed E-state index contributed by atoms with van der Waals surface area (Å²) in [6, 6.07) is 31.1. The predicted molar refractivity (Wildman–Crippen MR) is 114 cm³/mol. The Balaban J connectivity index is 1.78. The summed E-state index contributed by atoms with van der Waals surface area (Å²) in [5.74, 6) is 0. The molecule has 0 fully saturated rings. The minimum absolute atomic E-state index is 0.302. The van der Waals surface area contributed by atoms with Crippen molar-refractivity contribution in [2.24, 2.45) is 0 Å². The Morgan fingerprint density at radius 2 is 1.33 bits per heavy atom. The van der Waals surface area contributed by atoms with Crippen LogP contribution in [0.4, 0.5) is 0 Å². The number of rotatable bonds is 4. The molecule has 1 aromatic heterocycles. The van der Waals surface area contributed by atoms with Gasteiger partial charge in [0.05, 0.1) is 0 Å². The number of benzene rings is 3. The molecule has 0 radical (unpaired) electrons. The van der Waals surface area contributed by atoms with Gasteiger partial charge >= 0.3 is 166 Å². The van der Waals surface area contributed by atoms with Gasteiger partial charge in [0.2, 0.25) is 0 Å². The molecule has 0 aliphatic carbocycles. The van der Waals surface area contributed by atoms with Crippen LogP contribution in [0, 0.1) is 11.3 Å². The van der Waals surface area contributed by atoms with Crippen LogP contribution in [0.3, 0.4) is 0 Å². The van der Waals surface area contributed by atoms with Gasteiger partial charge in [-0.25, -0.2) is 0 Å². The topological polar surface area (TPSA) is 23.8 Å². The SMILES string of the molecule is N#Cc1ccc(/C=C/c2c[se]c(-c3ccccc3)c2-c2ccccc2)cc1. The molecule has 1 nitrogen and oxygen atoms in total. The van der Waals surface area contributed by atoms with Gasteiger partial charge in [-0.2, -0.15) is 0 Å². The van der Waals surface area contributed by atoms with Gasteiger partial charge in [-0.05, 0) is 0 Å². The predicted octanol–water partition coefficient (Wildman–Crippen LogP) is 6.12. The summed E-state index contributed by atoms with van der Waals surface area (Å²) in [7, 11) is 0. The number of nitrogens with zero attached hydrogens (tertiary/aromatic N) is 1. The summed E-state index contributed by atoms with van der Waals surface area (Å²) in [5.41, 5.74) is 6.94. The third-order valence-corrected chi connectivity index (χ3v) is 6.61. The van der Waals surface area contributed by atoms with E-state index in [9.17, 15) is 0 Å². The van der Waals surface area contributed by atoms with Gasteiger partial charge in [0.25, 0.3) is 0 Å². The zero-order valence-electron chi connectivity index (χ0n) is 14.7. The average Bonchev–Trinajstić information content (AvgIpc) is 3.18. The van der Waals surface area contributed by atoms with Crippen molar-refractivity contribution in [2.45, 2.75) is 0 Å². The first-order valence-electron chi connectivity index (χ1n) is 8.76. The van der Waals surface area contributed by atoms with Crippen molar-refractivity contribution in [1.29, 1.82) is 5.26 Å². The third-order valence-electron chi connectivity index (χ3n) is 4.41. The van der Waals surface area contributed by atoms with E-state index in [0.29, 0.717) is 20.1 Å². The van der Waals surface area contributed by atoms with Crippen LogP contribution in [-0.4, -0.2) is 14.5 Å². The summed E-state index contributed by atoms with van der Waals surface area (Å²) in [6.45, 7) is 0. The first kappa shape index (κ1) is 17.3. The van der Waals surface area contributed by atoms with E-state index in [1.807, 2.05) is 24.3 Å². The first-order chi connectivity index (χ1) is 13.3. The van der Waals surface area contributed by atoms with Crippen LogP contribution < -0.4 is 0 Å². The van der Waals surface area contributed by atoms with Crippen molar-refractivity contribution in [3.8, 4) is 27.2 Å². The van der Waals surface area contributed by atoms with Gasteiger partial charge in [0.15, 0.2) is 0 Å². The minimum atomic E-state index is 0.302. The maximum atomic E-state index is 8.95. The molecule has 0 bridgehead atoms. The molecule has 0 amide bonds. The van der Waals surface area contributed by atoms with E-state index in [4.69, 9.17) is 5.26 Å². The first-order valence-corrected chi connectivity index (χ1v) is 10.6. The number of hydrogen-bond acceptors (Lipinski definition) is 1. The Labute approximate surface area is 165 Å². The molecule has 0 saturated heterocycles. The quantitative estimate of drug-likeness (QED) is 0.372. The van der Waals surface area contributed by atoms with Crippen LogP contribution in [-0.2, 0) is 0 Å². The Bertz CT molecular complexity index is 1100. The van der Waals surface area contributed by atoms with Crippen LogP contribution in [0.25, 0.3) is 33.3 Å². The second-order valence-electron chi connectivity index (χ2n) is 6.19. The summed E-state index contributed by atoms with van der Waals surface area (Å²) in [6.07, 6.45) is 4.32. The molecule has 1 heterocycles. The van der Waals surface area contributed by atoms with Crippen molar-refractivity contribution in [3.05, 3.63) is 107 Å². The Morgan fingerprint density at radius 1 is 0.704 bits per heavy atom. The Hall–Kier alpha value is -3.11. The second-order valence-corrected chi connectivity index (χ2v) is 8.04.